The first kappa shape index (κ1) is 10.1. The highest BCUT2D eigenvalue weighted by molar-refractivity contribution is 6.29. The van der Waals surface area contributed by atoms with Gasteiger partial charge in [0, 0.05) is 19.6 Å². The fraction of sp³-hybridized carbons (Fsp3) is 0.636. The number of hydrogen-bond acceptors (Lipinski definition) is 2. The molecule has 1 fully saturated rings. The maximum atomic E-state index is 6.09. The molecular formula is C11H17ClN2. The second-order valence-corrected chi connectivity index (χ2v) is 4.30. The van der Waals surface area contributed by atoms with Gasteiger partial charge >= 0.3 is 0 Å². The minimum Gasteiger partial charge on any atom is -0.357 e. The lowest BCUT2D eigenvalue weighted by Crippen LogP contribution is -2.33. The van der Waals surface area contributed by atoms with Crippen molar-refractivity contribution >= 4 is 11.6 Å². The molecular weight excluding hydrogens is 196 g/mol. The summed E-state index contributed by atoms with van der Waals surface area (Å²) in [7, 11) is 0. The molecule has 0 spiro atoms. The summed E-state index contributed by atoms with van der Waals surface area (Å²) in [6, 6.07) is 0. The number of nitrogens with zero attached hydrogens (tertiary/aromatic N) is 2. The quantitative estimate of drug-likeness (QED) is 0.661. The van der Waals surface area contributed by atoms with Crippen molar-refractivity contribution in [2.24, 2.45) is 0 Å². The van der Waals surface area contributed by atoms with Crippen LogP contribution in [0.1, 0.15) is 12.8 Å². The van der Waals surface area contributed by atoms with Gasteiger partial charge in [-0.1, -0.05) is 23.8 Å². The second kappa shape index (κ2) is 4.85. The first-order chi connectivity index (χ1) is 6.86. The second-order valence-electron chi connectivity index (χ2n) is 3.91. The van der Waals surface area contributed by atoms with Gasteiger partial charge in [0.2, 0.25) is 0 Å². The normalized spacial score (nSPS) is 22.9. The predicted molar refractivity (Wildman–Crippen MR) is 60.3 cm³/mol. The number of hydrogen-bond donors (Lipinski definition) is 0. The molecule has 1 saturated heterocycles. The Balaban J connectivity index is 1.74. The van der Waals surface area contributed by atoms with E-state index in [0.717, 1.165) is 24.8 Å². The monoisotopic (exact) mass is 212 g/mol. The van der Waals surface area contributed by atoms with E-state index in [9.17, 15) is 0 Å². The lowest BCUT2D eigenvalue weighted by atomic mass is 10.3. The van der Waals surface area contributed by atoms with Crippen molar-refractivity contribution in [1.82, 2.24) is 9.80 Å². The third-order valence-corrected chi connectivity index (χ3v) is 3.25. The Morgan fingerprint density at radius 2 is 2.00 bits per heavy atom. The highest BCUT2D eigenvalue weighted by Crippen LogP contribution is 2.14. The van der Waals surface area contributed by atoms with Gasteiger partial charge in [0.05, 0.1) is 0 Å². The minimum absolute atomic E-state index is 0.881. The molecule has 2 rings (SSSR count). The molecule has 0 radical (unpaired) electrons. The highest BCUT2D eigenvalue weighted by atomic mass is 35.5. The molecule has 0 atom stereocenters. The van der Waals surface area contributed by atoms with Crippen LogP contribution in [0, 0.1) is 0 Å². The zero-order valence-corrected chi connectivity index (χ0v) is 9.21. The largest absolute Gasteiger partial charge is 0.357 e. The van der Waals surface area contributed by atoms with Crippen LogP contribution in [0.2, 0.25) is 0 Å². The molecule has 2 aliphatic rings. The summed E-state index contributed by atoms with van der Waals surface area (Å²) in [5, 5.41) is 0.881. The van der Waals surface area contributed by atoms with Gasteiger partial charge in [-0.25, -0.2) is 0 Å². The van der Waals surface area contributed by atoms with Crippen molar-refractivity contribution in [2.45, 2.75) is 12.8 Å². The Morgan fingerprint density at radius 1 is 1.21 bits per heavy atom. The minimum atomic E-state index is 0.881. The molecule has 78 valence electrons. The van der Waals surface area contributed by atoms with Crippen LogP contribution < -0.4 is 0 Å². The van der Waals surface area contributed by atoms with Gasteiger partial charge in [0.1, 0.15) is 5.16 Å². The number of likely N-dealkylation sites (tertiary alicyclic amines) is 1. The van der Waals surface area contributed by atoms with E-state index in [1.54, 1.807) is 0 Å². The molecule has 2 nitrogen and oxygen atoms in total. The SMILES string of the molecule is ClC1=CC=CCN1CCN1CCCC1. The third-order valence-electron chi connectivity index (χ3n) is 2.88. The van der Waals surface area contributed by atoms with E-state index in [1.807, 2.05) is 12.2 Å². The summed E-state index contributed by atoms with van der Waals surface area (Å²) in [6.07, 6.45) is 8.87. The van der Waals surface area contributed by atoms with Crippen LogP contribution in [0.25, 0.3) is 0 Å². The Bertz CT molecular complexity index is 242. The first-order valence-corrected chi connectivity index (χ1v) is 5.74. The number of halogens is 1. The lowest BCUT2D eigenvalue weighted by Gasteiger charge is -2.26. The van der Waals surface area contributed by atoms with Gasteiger partial charge in [-0.05, 0) is 32.0 Å². The van der Waals surface area contributed by atoms with E-state index in [0.29, 0.717) is 0 Å². The molecule has 0 aromatic carbocycles. The number of rotatable bonds is 3. The zero-order chi connectivity index (χ0) is 9.80. The average molecular weight is 213 g/mol. The van der Waals surface area contributed by atoms with Crippen LogP contribution >= 0.6 is 11.6 Å². The van der Waals surface area contributed by atoms with Crippen molar-refractivity contribution in [2.75, 3.05) is 32.7 Å². The van der Waals surface area contributed by atoms with E-state index in [2.05, 4.69) is 15.9 Å². The van der Waals surface area contributed by atoms with E-state index in [4.69, 9.17) is 11.6 Å². The topological polar surface area (TPSA) is 6.48 Å². The average Bonchev–Trinajstić information content (AvgIpc) is 2.69. The summed E-state index contributed by atoms with van der Waals surface area (Å²) >= 11 is 6.09. The van der Waals surface area contributed by atoms with E-state index in [-0.39, 0.29) is 0 Å². The van der Waals surface area contributed by atoms with Crippen molar-refractivity contribution < 1.29 is 0 Å². The summed E-state index contributed by atoms with van der Waals surface area (Å²) in [5.74, 6) is 0. The first-order valence-electron chi connectivity index (χ1n) is 5.36. The number of allylic oxidation sites excluding steroid dienone is 2. The van der Waals surface area contributed by atoms with Gasteiger partial charge in [0.15, 0.2) is 0 Å². The molecule has 0 bridgehead atoms. The fourth-order valence-corrected chi connectivity index (χ4v) is 2.22. The van der Waals surface area contributed by atoms with Crippen LogP contribution in [-0.4, -0.2) is 42.5 Å². The van der Waals surface area contributed by atoms with Gasteiger partial charge in [-0.2, -0.15) is 0 Å². The zero-order valence-electron chi connectivity index (χ0n) is 8.45. The molecule has 0 amide bonds. The molecule has 0 saturated carbocycles. The predicted octanol–water partition coefficient (Wildman–Crippen LogP) is 2.03. The van der Waals surface area contributed by atoms with Crippen molar-refractivity contribution in [3.8, 4) is 0 Å². The molecule has 0 unspecified atom stereocenters. The molecule has 14 heavy (non-hydrogen) atoms. The van der Waals surface area contributed by atoms with Crippen LogP contribution in [0.15, 0.2) is 23.4 Å². The Kier molecular flexibility index (Phi) is 3.49. The Morgan fingerprint density at radius 3 is 2.71 bits per heavy atom. The van der Waals surface area contributed by atoms with Crippen LogP contribution in [0.5, 0.6) is 0 Å². The van der Waals surface area contributed by atoms with E-state index >= 15 is 0 Å². The summed E-state index contributed by atoms with van der Waals surface area (Å²) < 4.78 is 0. The smallest absolute Gasteiger partial charge is 0.105 e. The van der Waals surface area contributed by atoms with Crippen LogP contribution in [0.4, 0.5) is 0 Å². The lowest BCUT2D eigenvalue weighted by molar-refractivity contribution is 0.282. The van der Waals surface area contributed by atoms with Gasteiger partial charge in [-0.3, -0.25) is 0 Å². The van der Waals surface area contributed by atoms with Gasteiger partial charge < -0.3 is 9.80 Å². The Hall–Kier alpha value is -0.470. The van der Waals surface area contributed by atoms with Crippen molar-refractivity contribution in [3.05, 3.63) is 23.4 Å². The van der Waals surface area contributed by atoms with Crippen molar-refractivity contribution in [1.29, 1.82) is 0 Å². The van der Waals surface area contributed by atoms with Crippen LogP contribution in [0.3, 0.4) is 0 Å². The molecule has 0 N–H and O–H groups in total. The van der Waals surface area contributed by atoms with E-state index < -0.39 is 0 Å². The summed E-state index contributed by atoms with van der Waals surface area (Å²) in [6.45, 7) is 5.71. The fourth-order valence-electron chi connectivity index (χ4n) is 1.99. The maximum Gasteiger partial charge on any atom is 0.105 e. The summed E-state index contributed by atoms with van der Waals surface area (Å²) in [5.41, 5.74) is 0. The molecule has 2 heterocycles. The third kappa shape index (κ3) is 2.52. The van der Waals surface area contributed by atoms with Crippen molar-refractivity contribution in [3.63, 3.8) is 0 Å². The molecule has 0 aromatic rings. The van der Waals surface area contributed by atoms with Gasteiger partial charge in [-0.15, -0.1) is 0 Å². The standard InChI is InChI=1S/C11H17ClN2/c12-11-5-1-2-8-14(11)10-9-13-6-3-4-7-13/h1-2,5H,3-4,6-10H2. The molecule has 0 aromatic heterocycles. The highest BCUT2D eigenvalue weighted by Gasteiger charge is 2.14. The summed E-state index contributed by atoms with van der Waals surface area (Å²) in [4.78, 5) is 4.74. The van der Waals surface area contributed by atoms with Gasteiger partial charge in [0.25, 0.3) is 0 Å². The van der Waals surface area contributed by atoms with E-state index in [1.165, 1.54) is 25.9 Å². The Labute approximate surface area is 90.8 Å². The molecule has 3 heteroatoms. The molecule has 0 aliphatic carbocycles. The van der Waals surface area contributed by atoms with Crippen LogP contribution in [-0.2, 0) is 0 Å². The molecule has 2 aliphatic heterocycles. The maximum absolute atomic E-state index is 6.09.